The van der Waals surface area contributed by atoms with Gasteiger partial charge in [0.2, 0.25) is 0 Å². The monoisotopic (exact) mass is 238 g/mol. The second-order valence-electron chi connectivity index (χ2n) is 7.54. The third-order valence-electron chi connectivity index (χ3n) is 4.59. The van der Waals surface area contributed by atoms with E-state index < -0.39 is 0 Å². The number of fused-ring (bicyclic) bond motifs is 1. The Balaban J connectivity index is 1.81. The van der Waals surface area contributed by atoms with Gasteiger partial charge < -0.3 is 8.97 Å². The van der Waals surface area contributed by atoms with E-state index in [2.05, 4.69) is 40.3 Å². The number of rotatable bonds is 4. The van der Waals surface area contributed by atoms with Crippen LogP contribution in [0.2, 0.25) is 0 Å². The molecule has 0 saturated carbocycles. The Kier molecular flexibility index (Phi) is 3.65. The average molecular weight is 238 g/mol. The maximum absolute atomic E-state index is 2.48. The summed E-state index contributed by atoms with van der Waals surface area (Å²) in [5.41, 5.74) is 0. The van der Waals surface area contributed by atoms with Crippen LogP contribution in [-0.2, 0) is 0 Å². The van der Waals surface area contributed by atoms with Crippen molar-refractivity contribution in [2.45, 2.75) is 19.3 Å². The molecule has 0 aromatic rings. The normalized spacial score (nSPS) is 37.2. The van der Waals surface area contributed by atoms with E-state index in [0.29, 0.717) is 0 Å². The van der Waals surface area contributed by atoms with E-state index in [4.69, 9.17) is 0 Å². The maximum atomic E-state index is 2.48. The minimum atomic E-state index is 0.981. The first kappa shape index (κ1) is 13.1. The highest BCUT2D eigenvalue weighted by Gasteiger charge is 2.42. The fourth-order valence-corrected chi connectivity index (χ4v) is 3.69. The van der Waals surface area contributed by atoms with E-state index in [1.807, 2.05) is 0 Å². The molecule has 2 nitrogen and oxygen atoms in total. The minimum Gasteiger partial charge on any atom is -0.331 e. The van der Waals surface area contributed by atoms with E-state index in [1.54, 1.807) is 0 Å². The molecule has 0 amide bonds. The van der Waals surface area contributed by atoms with Crippen molar-refractivity contribution in [1.29, 1.82) is 0 Å². The summed E-state index contributed by atoms with van der Waals surface area (Å²) in [6.45, 7) is 5.53. The zero-order valence-corrected chi connectivity index (χ0v) is 12.2. The van der Waals surface area contributed by atoms with E-state index >= 15 is 0 Å². The summed E-state index contributed by atoms with van der Waals surface area (Å²) >= 11 is 0. The molecule has 98 valence electrons. The van der Waals surface area contributed by atoms with Crippen molar-refractivity contribution in [2.75, 3.05) is 54.4 Å². The molecule has 0 N–H and O–H groups in total. The van der Waals surface area contributed by atoms with E-state index in [0.717, 1.165) is 16.3 Å². The van der Waals surface area contributed by atoms with Crippen LogP contribution in [0.3, 0.4) is 0 Å². The topological polar surface area (TPSA) is 0 Å². The van der Waals surface area contributed by atoms with Gasteiger partial charge in [-0.3, -0.25) is 0 Å². The van der Waals surface area contributed by atoms with Crippen LogP contribution in [-0.4, -0.2) is 63.3 Å². The summed E-state index contributed by atoms with van der Waals surface area (Å²) < 4.78 is 2.44. The van der Waals surface area contributed by atoms with Gasteiger partial charge in [-0.05, 0) is 12.8 Å². The maximum Gasteiger partial charge on any atom is 0.0839 e. The summed E-state index contributed by atoms with van der Waals surface area (Å²) in [7, 11) is 9.38. The lowest BCUT2D eigenvalue weighted by atomic mass is 9.86. The van der Waals surface area contributed by atoms with Gasteiger partial charge in [0.1, 0.15) is 0 Å². The summed E-state index contributed by atoms with van der Waals surface area (Å²) in [6.07, 6.45) is 8.86. The number of allylic oxidation sites excluding steroid dienone is 2. The lowest BCUT2D eigenvalue weighted by Gasteiger charge is -2.32. The first-order chi connectivity index (χ1) is 7.88. The summed E-state index contributed by atoms with van der Waals surface area (Å²) in [5, 5.41) is 0. The molecule has 0 aromatic heterocycles. The lowest BCUT2D eigenvalue weighted by Crippen LogP contribution is -2.45. The molecular formula is C15H30N2+2. The Hall–Kier alpha value is -0.340. The number of likely N-dealkylation sites (tertiary alicyclic amines) is 1. The first-order valence-corrected chi connectivity index (χ1v) is 7.17. The van der Waals surface area contributed by atoms with Crippen molar-refractivity contribution >= 4 is 0 Å². The zero-order valence-electron chi connectivity index (χ0n) is 12.2. The molecule has 2 atom stereocenters. The summed E-state index contributed by atoms with van der Waals surface area (Å²) in [4.78, 5) is 0. The van der Waals surface area contributed by atoms with Gasteiger partial charge in [-0.1, -0.05) is 12.2 Å². The largest absolute Gasteiger partial charge is 0.331 e. The summed E-state index contributed by atoms with van der Waals surface area (Å²) in [5.74, 6) is 1.96. The number of hydrogen-bond acceptors (Lipinski definition) is 0. The van der Waals surface area contributed by atoms with Crippen molar-refractivity contribution in [1.82, 2.24) is 0 Å². The highest BCUT2D eigenvalue weighted by molar-refractivity contribution is 4.96. The zero-order chi connectivity index (χ0) is 12.5. The molecule has 2 aliphatic rings. The van der Waals surface area contributed by atoms with Gasteiger partial charge in [0.15, 0.2) is 0 Å². The Morgan fingerprint density at radius 3 is 2.06 bits per heavy atom. The second kappa shape index (κ2) is 4.74. The standard InChI is InChI=1S/C15H30N2/c1-16(2,3)10-7-11-17(4)12-14-8-5-6-9-15(14)13-17/h5-6,14-15H,7-13H2,1-4H3/q+2. The van der Waals surface area contributed by atoms with Crippen LogP contribution >= 0.6 is 0 Å². The average Bonchev–Trinajstić information content (AvgIpc) is 2.51. The fraction of sp³-hybridized carbons (Fsp3) is 0.867. The number of quaternary nitrogens is 2. The molecule has 1 aliphatic carbocycles. The van der Waals surface area contributed by atoms with Crippen molar-refractivity contribution in [2.24, 2.45) is 11.8 Å². The molecule has 2 unspecified atom stereocenters. The lowest BCUT2D eigenvalue weighted by molar-refractivity contribution is -0.909. The van der Waals surface area contributed by atoms with Crippen LogP contribution in [0.15, 0.2) is 12.2 Å². The minimum absolute atomic E-state index is 0.981. The van der Waals surface area contributed by atoms with E-state index in [-0.39, 0.29) is 0 Å². The van der Waals surface area contributed by atoms with Gasteiger partial charge in [-0.2, -0.15) is 0 Å². The van der Waals surface area contributed by atoms with Gasteiger partial charge >= 0.3 is 0 Å². The van der Waals surface area contributed by atoms with Crippen LogP contribution in [0.25, 0.3) is 0 Å². The molecule has 0 spiro atoms. The van der Waals surface area contributed by atoms with Gasteiger partial charge in [-0.25, -0.2) is 0 Å². The summed E-state index contributed by atoms with van der Waals surface area (Å²) in [6, 6.07) is 0. The predicted molar refractivity (Wildman–Crippen MR) is 73.7 cm³/mol. The molecule has 0 aromatic carbocycles. The molecule has 0 radical (unpaired) electrons. The highest BCUT2D eigenvalue weighted by atomic mass is 15.4. The van der Waals surface area contributed by atoms with Crippen LogP contribution in [0.4, 0.5) is 0 Å². The molecule has 1 saturated heterocycles. The van der Waals surface area contributed by atoms with Gasteiger partial charge in [0.05, 0.1) is 54.4 Å². The van der Waals surface area contributed by atoms with E-state index in [9.17, 15) is 0 Å². The Labute approximate surface area is 107 Å². The molecule has 0 bridgehead atoms. The molecule has 1 fully saturated rings. The molecule has 2 rings (SSSR count). The van der Waals surface area contributed by atoms with E-state index in [1.165, 1.54) is 49.9 Å². The molecule has 2 heteroatoms. The second-order valence-corrected chi connectivity index (χ2v) is 7.54. The van der Waals surface area contributed by atoms with Crippen LogP contribution in [0, 0.1) is 11.8 Å². The van der Waals surface area contributed by atoms with Gasteiger partial charge in [0.25, 0.3) is 0 Å². The Morgan fingerprint density at radius 1 is 1.06 bits per heavy atom. The quantitative estimate of drug-likeness (QED) is 0.520. The van der Waals surface area contributed by atoms with Gasteiger partial charge in [0, 0.05) is 18.3 Å². The molecule has 17 heavy (non-hydrogen) atoms. The smallest absolute Gasteiger partial charge is 0.0839 e. The Morgan fingerprint density at radius 2 is 1.59 bits per heavy atom. The van der Waals surface area contributed by atoms with Crippen LogP contribution in [0.5, 0.6) is 0 Å². The molecule has 1 aliphatic heterocycles. The highest BCUT2D eigenvalue weighted by Crippen LogP contribution is 2.36. The SMILES string of the molecule is C[N+](C)(C)CCC[N+]1(C)CC2CC=CCC2C1. The van der Waals surface area contributed by atoms with Gasteiger partial charge in [-0.15, -0.1) is 0 Å². The third-order valence-corrected chi connectivity index (χ3v) is 4.59. The van der Waals surface area contributed by atoms with Crippen LogP contribution < -0.4 is 0 Å². The van der Waals surface area contributed by atoms with Crippen molar-refractivity contribution in [3.63, 3.8) is 0 Å². The fourth-order valence-electron chi connectivity index (χ4n) is 3.69. The van der Waals surface area contributed by atoms with Crippen LogP contribution in [0.1, 0.15) is 19.3 Å². The number of hydrogen-bond donors (Lipinski definition) is 0. The molecule has 1 heterocycles. The molecular weight excluding hydrogens is 208 g/mol. The number of nitrogens with zero attached hydrogens (tertiary/aromatic N) is 2. The van der Waals surface area contributed by atoms with Crippen molar-refractivity contribution in [3.05, 3.63) is 12.2 Å². The first-order valence-electron chi connectivity index (χ1n) is 7.17. The van der Waals surface area contributed by atoms with Crippen molar-refractivity contribution in [3.8, 4) is 0 Å². The van der Waals surface area contributed by atoms with Crippen molar-refractivity contribution < 1.29 is 8.97 Å². The predicted octanol–water partition coefficient (Wildman–Crippen LogP) is 2.13. The third kappa shape index (κ3) is 3.56. The Bertz CT molecular complexity index is 272.